The molecule has 0 bridgehead atoms. The van der Waals surface area contributed by atoms with Gasteiger partial charge in [0.25, 0.3) is 0 Å². The van der Waals surface area contributed by atoms with Gasteiger partial charge in [0.05, 0.1) is 0 Å². The van der Waals surface area contributed by atoms with Crippen LogP contribution in [0.15, 0.2) is 0 Å². The number of alkyl halides is 4. The fraction of sp³-hybridized carbons (Fsp3) is 1.00. The molecule has 0 aromatic rings. The summed E-state index contributed by atoms with van der Waals surface area (Å²) in [5.41, 5.74) is 0. The van der Waals surface area contributed by atoms with Crippen LogP contribution < -0.4 is 0 Å². The Morgan fingerprint density at radius 2 is 1.80 bits per heavy atom. The molecule has 10 heavy (non-hydrogen) atoms. The minimum Gasteiger partial charge on any atom is -0.463 e. The first kappa shape index (κ1) is 11.6. The molecule has 0 amide bonds. The Labute approximate surface area is 85.2 Å². The van der Waals surface area contributed by atoms with Gasteiger partial charge in [0.1, 0.15) is 19.1 Å². The van der Waals surface area contributed by atoms with Crippen molar-refractivity contribution >= 4 is 65.9 Å². The average Bonchev–Trinajstić information content (AvgIpc) is 1.79. The van der Waals surface area contributed by atoms with E-state index in [1.54, 1.807) is 0 Å². The van der Waals surface area contributed by atoms with Gasteiger partial charge in [0, 0.05) is 0 Å². The molecule has 0 atom stereocenters. The fourth-order valence-electron chi connectivity index (χ4n) is 0.345. The maximum absolute atomic E-state index is 5.46. The third-order valence-electron chi connectivity index (χ3n) is 0.724. The number of hydrogen-bond acceptors (Lipinski definition) is 1. The van der Waals surface area contributed by atoms with Gasteiger partial charge in [0.2, 0.25) is 0 Å². The second kappa shape index (κ2) is 7.22. The van der Waals surface area contributed by atoms with E-state index < -0.39 is 19.5 Å². The number of halogens is 4. The summed E-state index contributed by atoms with van der Waals surface area (Å²) in [5, 5.41) is 0. The maximum Gasteiger partial charge on any atom is 0.181 e. The Balaban J connectivity index is 2.91. The lowest BCUT2D eigenvalue weighted by Gasteiger charge is -2.02. The van der Waals surface area contributed by atoms with E-state index in [1.807, 2.05) is 0 Å². The zero-order chi connectivity index (χ0) is 7.98. The molecule has 0 spiro atoms. The van der Waals surface area contributed by atoms with Crippen LogP contribution >= 0.6 is 46.4 Å². The predicted octanol–water partition coefficient (Wildman–Crippen LogP) is 1.15. The van der Waals surface area contributed by atoms with Crippen molar-refractivity contribution in [3.8, 4) is 0 Å². The molecule has 0 aliphatic carbocycles. The molecule has 0 aliphatic rings. The Morgan fingerprint density at radius 1 is 1.20 bits per heavy atom. The Hall–Kier alpha value is 1.55. The summed E-state index contributed by atoms with van der Waals surface area (Å²) < 4.78 is 4.96. The Bertz CT molecular complexity index is 70.9. The summed E-state index contributed by atoms with van der Waals surface area (Å²) in [6.07, 6.45) is 0. The zero-order valence-corrected chi connectivity index (χ0v) is 11.0. The summed E-state index contributed by atoms with van der Waals surface area (Å²) in [7, 11) is -1.27. The van der Waals surface area contributed by atoms with Crippen LogP contribution in [-0.2, 0) is 4.12 Å². The highest BCUT2D eigenvalue weighted by Crippen LogP contribution is 2.06. The first-order chi connectivity index (χ1) is 4.63. The topological polar surface area (TPSA) is 9.23 Å². The van der Waals surface area contributed by atoms with Crippen molar-refractivity contribution in [2.45, 2.75) is 15.3 Å². The van der Waals surface area contributed by atoms with E-state index in [4.69, 9.17) is 50.5 Å². The number of rotatable bonds is 5. The van der Waals surface area contributed by atoms with E-state index >= 15 is 0 Å². The third-order valence-corrected chi connectivity index (χ3v) is 5.81. The Morgan fingerprint density at radius 3 is 2.20 bits per heavy atom. The second-order valence-electron chi connectivity index (χ2n) is 1.65. The minimum atomic E-state index is -0.722. The molecule has 0 saturated carbocycles. The van der Waals surface area contributed by atoms with Crippen LogP contribution in [0.2, 0.25) is 6.04 Å². The average molecular weight is 258 g/mol. The van der Waals surface area contributed by atoms with Crippen LogP contribution in [0.1, 0.15) is 0 Å². The minimum absolute atomic E-state index is 0.287. The molecule has 0 aromatic carbocycles. The van der Waals surface area contributed by atoms with E-state index in [0.29, 0.717) is 0 Å². The lowest BCUT2D eigenvalue weighted by molar-refractivity contribution is 0.639. The van der Waals surface area contributed by atoms with Gasteiger partial charge < -0.3 is 4.12 Å². The van der Waals surface area contributed by atoms with Gasteiger partial charge in [-0.3, -0.25) is 0 Å². The quantitative estimate of drug-likeness (QED) is 0.408. The molecule has 0 N–H and O–H groups in total. The zero-order valence-electron chi connectivity index (χ0n) is 5.20. The van der Waals surface area contributed by atoms with Crippen LogP contribution in [0.3, 0.4) is 0 Å². The summed E-state index contributed by atoms with van der Waals surface area (Å²) in [5.74, 6) is 0. The predicted molar refractivity (Wildman–Crippen MR) is 54.0 cm³/mol. The summed E-state index contributed by atoms with van der Waals surface area (Å²) >= 11 is 21.8. The van der Waals surface area contributed by atoms with Gasteiger partial charge in [-0.15, -0.1) is 46.4 Å². The van der Waals surface area contributed by atoms with Crippen LogP contribution in [-0.4, -0.2) is 28.8 Å². The van der Waals surface area contributed by atoms with Gasteiger partial charge in [-0.2, -0.15) is 0 Å². The molecule has 7 heteroatoms. The van der Waals surface area contributed by atoms with Gasteiger partial charge >= 0.3 is 0 Å². The van der Waals surface area contributed by atoms with E-state index in [9.17, 15) is 0 Å². The summed E-state index contributed by atoms with van der Waals surface area (Å²) in [6.45, 7) is 0. The fourth-order valence-corrected chi connectivity index (χ4v) is 4.71. The molecule has 0 aromatic heterocycles. The van der Waals surface area contributed by atoms with Gasteiger partial charge in [-0.25, -0.2) is 0 Å². The lowest BCUT2D eigenvalue weighted by atomic mass is 10.9. The normalized spacial score (nSPS) is 13.8. The van der Waals surface area contributed by atoms with Crippen molar-refractivity contribution in [3.05, 3.63) is 0 Å². The summed E-state index contributed by atoms with van der Waals surface area (Å²) in [6, 6.07) is 0.774. The van der Waals surface area contributed by atoms with Crippen molar-refractivity contribution in [1.82, 2.24) is 0 Å². The van der Waals surface area contributed by atoms with Crippen LogP contribution in [0, 0.1) is 0 Å². The Kier molecular flexibility index (Phi) is 8.34. The van der Waals surface area contributed by atoms with Gasteiger partial charge in [-0.1, -0.05) is 0 Å². The first-order valence-corrected chi connectivity index (χ1v) is 7.48. The van der Waals surface area contributed by atoms with E-state index in [-0.39, 0.29) is 9.30 Å². The molecule has 0 heterocycles. The van der Waals surface area contributed by atoms with E-state index in [0.717, 1.165) is 6.04 Å². The maximum atomic E-state index is 5.46. The lowest BCUT2D eigenvalue weighted by Crippen LogP contribution is -2.12. The van der Waals surface area contributed by atoms with Crippen molar-refractivity contribution in [1.29, 1.82) is 0 Å². The van der Waals surface area contributed by atoms with E-state index in [2.05, 4.69) is 0 Å². The molecular formula is C3H8Cl4OSi2. The van der Waals surface area contributed by atoms with E-state index in [1.165, 1.54) is 0 Å². The van der Waals surface area contributed by atoms with Crippen molar-refractivity contribution in [3.63, 3.8) is 0 Å². The standard InChI is InChI=1S/C3H8Cl4OSi2/c4-2(5)1-9-8-10-3(6)7/h2-3H,1,9-10H2. The van der Waals surface area contributed by atoms with Crippen LogP contribution in [0.5, 0.6) is 0 Å². The molecule has 0 fully saturated rings. The largest absolute Gasteiger partial charge is 0.463 e. The highest BCUT2D eigenvalue weighted by Gasteiger charge is 2.02. The molecule has 0 radical (unpaired) electrons. The second-order valence-corrected chi connectivity index (χ2v) is 9.00. The van der Waals surface area contributed by atoms with Crippen molar-refractivity contribution in [2.75, 3.05) is 0 Å². The molecule has 0 aliphatic heterocycles. The first-order valence-electron chi connectivity index (χ1n) is 2.77. The molecule has 0 unspecified atom stereocenters. The highest BCUT2D eigenvalue weighted by molar-refractivity contribution is 6.68. The summed E-state index contributed by atoms with van der Waals surface area (Å²) in [4.78, 5) is -0.287. The highest BCUT2D eigenvalue weighted by atomic mass is 35.5. The van der Waals surface area contributed by atoms with Crippen LogP contribution in [0.4, 0.5) is 0 Å². The molecule has 1 nitrogen and oxygen atoms in total. The molecule has 0 saturated heterocycles. The molecule has 62 valence electrons. The van der Waals surface area contributed by atoms with Gasteiger partial charge in [-0.05, 0) is 6.04 Å². The molecule has 0 rings (SSSR count). The smallest absolute Gasteiger partial charge is 0.181 e. The number of hydrogen-bond donors (Lipinski definition) is 0. The monoisotopic (exact) mass is 256 g/mol. The van der Waals surface area contributed by atoms with Crippen LogP contribution in [0.25, 0.3) is 0 Å². The van der Waals surface area contributed by atoms with Gasteiger partial charge in [0.15, 0.2) is 9.76 Å². The SMILES string of the molecule is ClC(Cl)C[SiH2]O[SiH2]C(Cl)Cl. The van der Waals surface area contributed by atoms with Crippen molar-refractivity contribution < 1.29 is 4.12 Å². The third kappa shape index (κ3) is 9.55. The molecular weight excluding hydrogens is 250 g/mol. The van der Waals surface area contributed by atoms with Crippen molar-refractivity contribution in [2.24, 2.45) is 0 Å².